The van der Waals surface area contributed by atoms with Crippen molar-refractivity contribution in [2.24, 2.45) is 0 Å². The number of nitrogens with one attached hydrogen (secondary N) is 1. The first-order valence-electron chi connectivity index (χ1n) is 5.95. The third kappa shape index (κ3) is 3.37. The number of benzene rings is 2. The van der Waals surface area contributed by atoms with E-state index in [2.05, 4.69) is 20.7 Å². The number of nitro benzene ring substituents is 1. The number of non-ortho nitro benzene ring substituents is 1. The van der Waals surface area contributed by atoms with Crippen molar-refractivity contribution in [3.05, 3.63) is 57.1 Å². The van der Waals surface area contributed by atoms with E-state index in [4.69, 9.17) is 4.74 Å². The molecule has 2 aromatic rings. The topological polar surface area (TPSA) is 98.5 Å². The fourth-order valence-corrected chi connectivity index (χ4v) is 3.82. The van der Waals surface area contributed by atoms with Gasteiger partial charge >= 0.3 is 0 Å². The van der Waals surface area contributed by atoms with Crippen molar-refractivity contribution >= 4 is 37.3 Å². The maximum Gasteiger partial charge on any atom is 0.271 e. The molecule has 0 fully saturated rings. The summed E-state index contributed by atoms with van der Waals surface area (Å²) in [6, 6.07) is 9.91. The van der Waals surface area contributed by atoms with Gasteiger partial charge in [0.15, 0.2) is 0 Å². The van der Waals surface area contributed by atoms with Gasteiger partial charge in [0.25, 0.3) is 15.7 Å². The second kappa shape index (κ2) is 6.32. The van der Waals surface area contributed by atoms with E-state index in [9.17, 15) is 18.5 Å². The molecule has 7 nitrogen and oxygen atoms in total. The molecule has 0 aliphatic heterocycles. The predicted molar refractivity (Wildman–Crippen MR) is 84.6 cm³/mol. The van der Waals surface area contributed by atoms with Crippen molar-refractivity contribution in [2.45, 2.75) is 4.90 Å². The predicted octanol–water partition coefficient (Wildman–Crippen LogP) is 3.17. The summed E-state index contributed by atoms with van der Waals surface area (Å²) in [5.74, 6) is 0.182. The van der Waals surface area contributed by atoms with Gasteiger partial charge in [0.1, 0.15) is 10.6 Å². The number of methoxy groups -OCH3 is 1. The molecule has 22 heavy (non-hydrogen) atoms. The molecule has 0 saturated heterocycles. The number of ether oxygens (including phenoxy) is 1. The molecule has 9 heteroatoms. The number of rotatable bonds is 5. The monoisotopic (exact) mass is 386 g/mol. The molecule has 1 N–H and O–H groups in total. The molecule has 0 aromatic heterocycles. The number of hydrogen-bond donors (Lipinski definition) is 1. The van der Waals surface area contributed by atoms with Crippen molar-refractivity contribution in [3.8, 4) is 5.75 Å². The second-order valence-electron chi connectivity index (χ2n) is 4.18. The van der Waals surface area contributed by atoms with Crippen LogP contribution in [0.5, 0.6) is 5.75 Å². The molecule has 0 heterocycles. The summed E-state index contributed by atoms with van der Waals surface area (Å²) in [5.41, 5.74) is -0.252. The van der Waals surface area contributed by atoms with Crippen LogP contribution in [0.15, 0.2) is 51.8 Å². The number of hydrogen-bond acceptors (Lipinski definition) is 5. The molecule has 2 aromatic carbocycles. The number of anilines is 1. The van der Waals surface area contributed by atoms with Crippen LogP contribution in [0.1, 0.15) is 0 Å². The quantitative estimate of drug-likeness (QED) is 0.628. The van der Waals surface area contributed by atoms with Gasteiger partial charge in [-0.1, -0.05) is 12.1 Å². The van der Waals surface area contributed by atoms with E-state index in [0.717, 1.165) is 6.07 Å². The van der Waals surface area contributed by atoms with Gasteiger partial charge in [0.2, 0.25) is 0 Å². The number of sulfonamides is 1. The van der Waals surface area contributed by atoms with Gasteiger partial charge in [-0.3, -0.25) is 14.8 Å². The highest BCUT2D eigenvalue weighted by atomic mass is 79.9. The molecule has 0 bridgehead atoms. The van der Waals surface area contributed by atoms with Gasteiger partial charge < -0.3 is 4.74 Å². The molecular formula is C13H11BrN2O5S. The summed E-state index contributed by atoms with van der Waals surface area (Å²) in [6.45, 7) is 0. The number of halogens is 1. The second-order valence-corrected chi connectivity index (χ2v) is 6.68. The largest absolute Gasteiger partial charge is 0.495 e. The first kappa shape index (κ1) is 16.2. The van der Waals surface area contributed by atoms with E-state index >= 15 is 0 Å². The number of nitro groups is 1. The van der Waals surface area contributed by atoms with Crippen LogP contribution in [-0.4, -0.2) is 20.5 Å². The fraction of sp³-hybridized carbons (Fsp3) is 0.0769. The Kier molecular flexibility index (Phi) is 4.67. The lowest BCUT2D eigenvalue weighted by molar-refractivity contribution is -0.384. The molecule has 2 rings (SSSR count). The lowest BCUT2D eigenvalue weighted by atomic mass is 10.2. The summed E-state index contributed by atoms with van der Waals surface area (Å²) < 4.78 is 32.5. The van der Waals surface area contributed by atoms with E-state index < -0.39 is 14.9 Å². The Morgan fingerprint density at radius 1 is 1.23 bits per heavy atom. The van der Waals surface area contributed by atoms with E-state index in [1.807, 2.05) is 0 Å². The molecule has 0 amide bonds. The molecule has 0 atom stereocenters. The standard InChI is InChI=1S/C13H11BrN2O5S/c1-21-12-7-6-9(16(17)18)8-11(12)15-22(19,20)13-5-3-2-4-10(13)14/h2-8,15H,1H3. The molecular weight excluding hydrogens is 376 g/mol. The maximum atomic E-state index is 12.4. The smallest absolute Gasteiger partial charge is 0.271 e. The maximum absolute atomic E-state index is 12.4. The third-order valence-corrected chi connectivity index (χ3v) is 5.14. The molecule has 0 unspecified atom stereocenters. The van der Waals surface area contributed by atoms with Crippen LogP contribution in [0.2, 0.25) is 0 Å². The highest BCUT2D eigenvalue weighted by molar-refractivity contribution is 9.10. The van der Waals surface area contributed by atoms with Crippen LogP contribution in [0.25, 0.3) is 0 Å². The Bertz CT molecular complexity index is 823. The first-order valence-corrected chi connectivity index (χ1v) is 8.22. The van der Waals surface area contributed by atoms with Crippen LogP contribution in [0, 0.1) is 10.1 Å². The van der Waals surface area contributed by atoms with E-state index in [1.165, 1.54) is 25.3 Å². The summed E-state index contributed by atoms with van der Waals surface area (Å²) >= 11 is 3.16. The average Bonchev–Trinajstić information content (AvgIpc) is 2.47. The zero-order valence-corrected chi connectivity index (χ0v) is 13.7. The number of nitrogens with zero attached hydrogens (tertiary/aromatic N) is 1. The van der Waals surface area contributed by atoms with E-state index in [0.29, 0.717) is 4.47 Å². The Labute approximate surface area is 135 Å². The summed E-state index contributed by atoms with van der Waals surface area (Å²) in [4.78, 5) is 10.2. The Morgan fingerprint density at radius 3 is 2.50 bits per heavy atom. The highest BCUT2D eigenvalue weighted by Gasteiger charge is 2.21. The average molecular weight is 387 g/mol. The van der Waals surface area contributed by atoms with Crippen molar-refractivity contribution in [1.82, 2.24) is 0 Å². The minimum Gasteiger partial charge on any atom is -0.495 e. The molecule has 0 aliphatic rings. The minimum atomic E-state index is -3.92. The lowest BCUT2D eigenvalue weighted by Crippen LogP contribution is -2.14. The fourth-order valence-electron chi connectivity index (χ4n) is 1.75. The summed E-state index contributed by atoms with van der Waals surface area (Å²) in [7, 11) is -2.57. The molecule has 0 saturated carbocycles. The van der Waals surface area contributed by atoms with Gasteiger partial charge in [0, 0.05) is 16.6 Å². The highest BCUT2D eigenvalue weighted by Crippen LogP contribution is 2.32. The van der Waals surface area contributed by atoms with Crippen molar-refractivity contribution in [3.63, 3.8) is 0 Å². The third-order valence-electron chi connectivity index (χ3n) is 2.76. The minimum absolute atomic E-state index is 0.00699. The Balaban J connectivity index is 2.47. The van der Waals surface area contributed by atoms with Crippen molar-refractivity contribution < 1.29 is 18.1 Å². The Morgan fingerprint density at radius 2 is 1.91 bits per heavy atom. The van der Waals surface area contributed by atoms with E-state index in [-0.39, 0.29) is 22.0 Å². The summed E-state index contributed by atoms with van der Waals surface area (Å²) in [6.07, 6.45) is 0. The molecule has 0 aliphatic carbocycles. The van der Waals surface area contributed by atoms with Crippen molar-refractivity contribution in [1.29, 1.82) is 0 Å². The normalized spacial score (nSPS) is 11.0. The lowest BCUT2D eigenvalue weighted by Gasteiger charge is -2.12. The molecule has 0 radical (unpaired) electrons. The van der Waals surface area contributed by atoms with Crippen LogP contribution in [-0.2, 0) is 10.0 Å². The van der Waals surface area contributed by atoms with Crippen LogP contribution >= 0.6 is 15.9 Å². The first-order chi connectivity index (χ1) is 10.3. The van der Waals surface area contributed by atoms with Crippen LogP contribution < -0.4 is 9.46 Å². The van der Waals surface area contributed by atoms with Crippen LogP contribution in [0.4, 0.5) is 11.4 Å². The van der Waals surface area contributed by atoms with Crippen LogP contribution in [0.3, 0.4) is 0 Å². The van der Waals surface area contributed by atoms with Gasteiger partial charge in [-0.05, 0) is 34.1 Å². The van der Waals surface area contributed by atoms with Gasteiger partial charge in [-0.25, -0.2) is 8.42 Å². The van der Waals surface area contributed by atoms with E-state index in [1.54, 1.807) is 18.2 Å². The van der Waals surface area contributed by atoms with Gasteiger partial charge in [-0.15, -0.1) is 0 Å². The molecule has 116 valence electrons. The van der Waals surface area contributed by atoms with Gasteiger partial charge in [-0.2, -0.15) is 0 Å². The SMILES string of the molecule is COc1ccc([N+](=O)[O-])cc1NS(=O)(=O)c1ccccc1Br. The van der Waals surface area contributed by atoms with Gasteiger partial charge in [0.05, 0.1) is 17.7 Å². The zero-order valence-electron chi connectivity index (χ0n) is 11.3. The van der Waals surface area contributed by atoms with Crippen molar-refractivity contribution in [2.75, 3.05) is 11.8 Å². The summed E-state index contributed by atoms with van der Waals surface area (Å²) in [5, 5.41) is 10.8. The zero-order chi connectivity index (χ0) is 16.3. The molecule has 0 spiro atoms. The Hall–Kier alpha value is -2.13.